The maximum absolute atomic E-state index is 12.4. The third-order valence-corrected chi connectivity index (χ3v) is 4.00. The van der Waals surface area contributed by atoms with Crippen LogP contribution in [0.15, 0.2) is 18.3 Å². The van der Waals surface area contributed by atoms with Crippen molar-refractivity contribution in [3.05, 3.63) is 29.6 Å². The van der Waals surface area contributed by atoms with Gasteiger partial charge < -0.3 is 4.90 Å². The first-order valence-electron chi connectivity index (χ1n) is 6.23. The van der Waals surface area contributed by atoms with Crippen LogP contribution in [0.4, 0.5) is 13.2 Å². The van der Waals surface area contributed by atoms with E-state index in [0.717, 1.165) is 24.0 Å². The number of thioether (sulfide) groups is 1. The van der Waals surface area contributed by atoms with Crippen molar-refractivity contribution in [1.82, 2.24) is 9.88 Å². The highest BCUT2D eigenvalue weighted by molar-refractivity contribution is 8.14. The highest BCUT2D eigenvalue weighted by Crippen LogP contribution is 2.29. The van der Waals surface area contributed by atoms with Crippen LogP contribution in [0.3, 0.4) is 0 Å². The lowest BCUT2D eigenvalue weighted by molar-refractivity contribution is -0.138. The summed E-state index contributed by atoms with van der Waals surface area (Å²) in [7, 11) is 0. The molecule has 2 heterocycles. The van der Waals surface area contributed by atoms with Gasteiger partial charge in [-0.15, -0.1) is 0 Å². The summed E-state index contributed by atoms with van der Waals surface area (Å²) in [4.78, 5) is 28.1. The zero-order valence-electron chi connectivity index (χ0n) is 11.2. The molecule has 1 fully saturated rings. The molecule has 1 saturated heterocycles. The lowest BCUT2D eigenvalue weighted by atomic mass is 10.2. The van der Waals surface area contributed by atoms with Gasteiger partial charge in [0.05, 0.1) is 17.8 Å². The molecule has 1 atom stereocenters. The highest BCUT2D eigenvalue weighted by atomic mass is 32.2. The van der Waals surface area contributed by atoms with Gasteiger partial charge in [0.2, 0.25) is 5.91 Å². The molecule has 0 aliphatic carbocycles. The first-order valence-corrected chi connectivity index (χ1v) is 7.11. The molecule has 21 heavy (non-hydrogen) atoms. The van der Waals surface area contributed by atoms with E-state index in [2.05, 4.69) is 4.98 Å². The number of alkyl halides is 3. The quantitative estimate of drug-likeness (QED) is 0.859. The predicted octanol–water partition coefficient (Wildman–Crippen LogP) is 2.48. The average Bonchev–Trinajstić information content (AvgIpc) is 2.68. The number of carbonyl (C=O) groups is 2. The van der Waals surface area contributed by atoms with E-state index in [1.54, 1.807) is 0 Å². The number of aromatic nitrogens is 1. The van der Waals surface area contributed by atoms with E-state index in [1.165, 1.54) is 17.9 Å². The van der Waals surface area contributed by atoms with Gasteiger partial charge in [-0.2, -0.15) is 13.2 Å². The molecule has 1 unspecified atom stereocenters. The zero-order chi connectivity index (χ0) is 15.6. The Kier molecular flexibility index (Phi) is 4.55. The van der Waals surface area contributed by atoms with Crippen LogP contribution in [0.25, 0.3) is 0 Å². The average molecular weight is 318 g/mol. The van der Waals surface area contributed by atoms with Crippen molar-refractivity contribution in [2.24, 2.45) is 0 Å². The van der Waals surface area contributed by atoms with Crippen LogP contribution in [-0.2, 0) is 22.3 Å². The molecule has 114 valence electrons. The van der Waals surface area contributed by atoms with E-state index in [4.69, 9.17) is 0 Å². The maximum Gasteiger partial charge on any atom is 0.417 e. The number of hydrogen-bond acceptors (Lipinski definition) is 4. The molecule has 8 heteroatoms. The van der Waals surface area contributed by atoms with Crippen LogP contribution in [0.1, 0.15) is 24.6 Å². The van der Waals surface area contributed by atoms with Crippen molar-refractivity contribution in [3.8, 4) is 0 Å². The molecular weight excluding hydrogens is 305 g/mol. The number of rotatable bonds is 3. The first-order chi connectivity index (χ1) is 9.75. The fraction of sp³-hybridized carbons (Fsp3) is 0.462. The first kappa shape index (κ1) is 15.8. The summed E-state index contributed by atoms with van der Waals surface area (Å²) in [6.45, 7) is 2.01. The topological polar surface area (TPSA) is 50.3 Å². The van der Waals surface area contributed by atoms with Gasteiger partial charge in [-0.1, -0.05) is 11.8 Å². The molecule has 0 radical (unpaired) electrons. The molecule has 1 aliphatic heterocycles. The Balaban J connectivity index is 1.99. The largest absolute Gasteiger partial charge is 0.417 e. The predicted molar refractivity (Wildman–Crippen MR) is 71.3 cm³/mol. The van der Waals surface area contributed by atoms with Gasteiger partial charge in [-0.3, -0.25) is 14.6 Å². The van der Waals surface area contributed by atoms with Gasteiger partial charge in [0.15, 0.2) is 5.12 Å². The van der Waals surface area contributed by atoms with Crippen LogP contribution in [-0.4, -0.2) is 32.7 Å². The van der Waals surface area contributed by atoms with Gasteiger partial charge >= 0.3 is 6.18 Å². The van der Waals surface area contributed by atoms with E-state index in [9.17, 15) is 22.8 Å². The number of carbonyl (C=O) groups excluding carboxylic acids is 2. The van der Waals surface area contributed by atoms with Gasteiger partial charge in [-0.05, 0) is 12.1 Å². The summed E-state index contributed by atoms with van der Waals surface area (Å²) < 4.78 is 37.3. The molecule has 0 N–H and O–H groups in total. The van der Waals surface area contributed by atoms with Crippen molar-refractivity contribution >= 4 is 22.8 Å². The molecule has 0 saturated carbocycles. The SMILES string of the molecule is CC(=O)SC1CC(=O)N(Cc2ccc(C(F)(F)F)cn2)C1. The van der Waals surface area contributed by atoms with E-state index >= 15 is 0 Å². The number of amides is 1. The number of halogens is 3. The normalized spacial score (nSPS) is 19.1. The third kappa shape index (κ3) is 4.20. The molecule has 1 aromatic rings. The van der Waals surface area contributed by atoms with Crippen LogP contribution >= 0.6 is 11.8 Å². The minimum atomic E-state index is -4.42. The van der Waals surface area contributed by atoms with E-state index in [0.29, 0.717) is 12.2 Å². The summed E-state index contributed by atoms with van der Waals surface area (Å²) in [5, 5.41) is -0.147. The van der Waals surface area contributed by atoms with Gasteiger partial charge in [-0.25, -0.2) is 0 Å². The minimum absolute atomic E-state index is 0.0534. The second-order valence-electron chi connectivity index (χ2n) is 4.75. The van der Waals surface area contributed by atoms with Gasteiger partial charge in [0, 0.05) is 31.3 Å². The van der Waals surface area contributed by atoms with Crippen molar-refractivity contribution in [2.75, 3.05) is 6.54 Å². The molecule has 4 nitrogen and oxygen atoms in total. The Hall–Kier alpha value is -1.57. The molecule has 0 aromatic carbocycles. The second kappa shape index (κ2) is 6.05. The van der Waals surface area contributed by atoms with Crippen molar-refractivity contribution in [3.63, 3.8) is 0 Å². The molecule has 1 aromatic heterocycles. The molecule has 0 bridgehead atoms. The van der Waals surface area contributed by atoms with Gasteiger partial charge in [0.1, 0.15) is 0 Å². The van der Waals surface area contributed by atoms with Crippen LogP contribution < -0.4 is 0 Å². The summed E-state index contributed by atoms with van der Waals surface area (Å²) in [6, 6.07) is 2.21. The van der Waals surface area contributed by atoms with Crippen LogP contribution in [0.2, 0.25) is 0 Å². The summed E-state index contributed by atoms with van der Waals surface area (Å²) >= 11 is 1.12. The summed E-state index contributed by atoms with van der Waals surface area (Å²) in [5.41, 5.74) is -0.422. The molecule has 1 amide bonds. The second-order valence-corrected chi connectivity index (χ2v) is 6.22. The fourth-order valence-electron chi connectivity index (χ4n) is 2.08. The van der Waals surface area contributed by atoms with E-state index in [-0.39, 0.29) is 29.2 Å². The monoisotopic (exact) mass is 318 g/mol. The standard InChI is InChI=1S/C13H13F3N2O2S/c1-8(19)21-11-4-12(20)18(7-11)6-10-3-2-9(5-17-10)13(14,15)16/h2-3,5,11H,4,6-7H2,1H3. The lowest BCUT2D eigenvalue weighted by Gasteiger charge is -2.16. The lowest BCUT2D eigenvalue weighted by Crippen LogP contribution is -2.25. The number of nitrogens with zero attached hydrogens (tertiary/aromatic N) is 2. The summed E-state index contributed by atoms with van der Waals surface area (Å²) in [6.07, 6.45) is -3.39. The Bertz CT molecular complexity index is 545. The van der Waals surface area contributed by atoms with E-state index < -0.39 is 11.7 Å². The van der Waals surface area contributed by atoms with Gasteiger partial charge in [0.25, 0.3) is 0 Å². The number of pyridine rings is 1. The Morgan fingerprint density at radius 1 is 1.48 bits per heavy atom. The minimum Gasteiger partial charge on any atom is -0.336 e. The van der Waals surface area contributed by atoms with Crippen molar-refractivity contribution < 1.29 is 22.8 Å². The smallest absolute Gasteiger partial charge is 0.336 e. The molecule has 2 rings (SSSR count). The Labute approximate surface area is 123 Å². The molecule has 0 spiro atoms. The molecular formula is C13H13F3N2O2S. The van der Waals surface area contributed by atoms with Crippen LogP contribution in [0, 0.1) is 0 Å². The Morgan fingerprint density at radius 2 is 2.19 bits per heavy atom. The third-order valence-electron chi connectivity index (χ3n) is 3.02. The van der Waals surface area contributed by atoms with Crippen LogP contribution in [0.5, 0.6) is 0 Å². The zero-order valence-corrected chi connectivity index (χ0v) is 12.0. The highest BCUT2D eigenvalue weighted by Gasteiger charge is 2.32. The fourth-order valence-corrected chi connectivity index (χ4v) is 3.03. The van der Waals surface area contributed by atoms with Crippen molar-refractivity contribution in [2.45, 2.75) is 31.3 Å². The van der Waals surface area contributed by atoms with E-state index in [1.807, 2.05) is 0 Å². The number of hydrogen-bond donors (Lipinski definition) is 0. The number of likely N-dealkylation sites (tertiary alicyclic amines) is 1. The maximum atomic E-state index is 12.4. The Morgan fingerprint density at radius 3 is 2.71 bits per heavy atom. The van der Waals surface area contributed by atoms with Crippen molar-refractivity contribution in [1.29, 1.82) is 0 Å². The molecule has 1 aliphatic rings. The summed E-state index contributed by atoms with van der Waals surface area (Å²) in [5.74, 6) is -0.115.